The van der Waals surface area contributed by atoms with Gasteiger partial charge in [-0.2, -0.15) is 0 Å². The van der Waals surface area contributed by atoms with E-state index in [-0.39, 0.29) is 30.1 Å². The van der Waals surface area contributed by atoms with Crippen LogP contribution in [0.4, 0.5) is 4.39 Å². The van der Waals surface area contributed by atoms with Crippen LogP contribution < -0.4 is 5.73 Å². The summed E-state index contributed by atoms with van der Waals surface area (Å²) in [5.74, 6) is -0.121. The van der Waals surface area contributed by atoms with Crippen LogP contribution in [0.15, 0.2) is 55.1 Å². The topological polar surface area (TPSA) is 87.9 Å². The Bertz CT molecular complexity index is 1400. The number of nitrogens with two attached hydrogens (primary N) is 1. The van der Waals surface area contributed by atoms with E-state index < -0.39 is 5.41 Å². The molecule has 1 amide bonds. The van der Waals surface area contributed by atoms with Crippen molar-refractivity contribution >= 4 is 16.9 Å². The number of aryl methyl sites for hydroxylation is 1. The van der Waals surface area contributed by atoms with Crippen molar-refractivity contribution in [1.82, 2.24) is 19.9 Å². The predicted molar refractivity (Wildman–Crippen MR) is 141 cm³/mol. The minimum Gasteiger partial charge on any atom is -0.345 e. The van der Waals surface area contributed by atoms with Crippen molar-refractivity contribution in [3.8, 4) is 22.3 Å². The highest BCUT2D eigenvalue weighted by molar-refractivity contribution is 6.04. The second-order valence-electron chi connectivity index (χ2n) is 10.3. The van der Waals surface area contributed by atoms with Gasteiger partial charge in [-0.05, 0) is 59.2 Å². The van der Waals surface area contributed by atoms with Crippen LogP contribution in [0.2, 0.25) is 0 Å². The van der Waals surface area contributed by atoms with Crippen molar-refractivity contribution in [2.45, 2.75) is 33.1 Å². The average molecular weight is 486 g/mol. The molecule has 0 bridgehead atoms. The summed E-state index contributed by atoms with van der Waals surface area (Å²) in [6, 6.07) is 9.58. The fourth-order valence-corrected chi connectivity index (χ4v) is 6.05. The van der Waals surface area contributed by atoms with E-state index in [9.17, 15) is 4.79 Å². The number of piperidine rings is 1. The number of aromatic nitrogens is 3. The highest BCUT2D eigenvalue weighted by Crippen LogP contribution is 2.46. The number of likely N-dealkylation sites (tertiary alicyclic amines) is 1. The number of nitrogens with one attached hydrogen (secondary N) is 1. The number of carbonyl (C=O) groups excluding carboxylic acids is 1. The second-order valence-corrected chi connectivity index (χ2v) is 10.3. The summed E-state index contributed by atoms with van der Waals surface area (Å²) in [4.78, 5) is 26.1. The van der Waals surface area contributed by atoms with E-state index in [1.165, 1.54) is 0 Å². The lowest BCUT2D eigenvalue weighted by Gasteiger charge is -2.50. The quantitative estimate of drug-likeness (QED) is 0.422. The number of carbonyl (C=O) groups is 1. The van der Waals surface area contributed by atoms with Gasteiger partial charge in [-0.25, -0.2) is 9.37 Å². The number of halogens is 1. The first-order valence-corrected chi connectivity index (χ1v) is 12.4. The third-order valence-corrected chi connectivity index (χ3v) is 8.25. The number of fused-ring (bicyclic) bond motifs is 1. The van der Waals surface area contributed by atoms with Gasteiger partial charge in [-0.3, -0.25) is 9.78 Å². The molecule has 3 aromatic heterocycles. The first kappa shape index (κ1) is 24.1. The van der Waals surface area contributed by atoms with Crippen molar-refractivity contribution in [3.63, 3.8) is 0 Å². The van der Waals surface area contributed by atoms with Crippen molar-refractivity contribution in [1.29, 1.82) is 0 Å². The van der Waals surface area contributed by atoms with Crippen LogP contribution in [-0.4, -0.2) is 45.4 Å². The number of nitrogens with zero attached hydrogens (tertiary/aromatic N) is 3. The maximum atomic E-state index is 16.1. The molecule has 0 aliphatic carbocycles. The normalized spacial score (nSPS) is 22.2. The molecule has 0 spiro atoms. The van der Waals surface area contributed by atoms with Crippen LogP contribution in [-0.2, 0) is 10.2 Å². The third kappa shape index (κ3) is 3.78. The summed E-state index contributed by atoms with van der Waals surface area (Å²) in [6.45, 7) is 9.47. The largest absolute Gasteiger partial charge is 0.345 e. The molecule has 1 aliphatic rings. The minimum atomic E-state index is -0.416. The van der Waals surface area contributed by atoms with E-state index in [0.717, 1.165) is 44.4 Å². The van der Waals surface area contributed by atoms with E-state index >= 15 is 4.39 Å². The summed E-state index contributed by atoms with van der Waals surface area (Å²) in [5.41, 5.74) is 11.3. The van der Waals surface area contributed by atoms with E-state index in [0.29, 0.717) is 13.1 Å². The molecule has 3 atom stereocenters. The SMILES string of the molecule is Cc1cc(-c2ccnc3[nH]cc(-c4cccnc4)c23)cc(F)c1C1(C)[C@H](C)CN(C(=O)CN)C[C@@H]1C. The lowest BCUT2D eigenvalue weighted by Crippen LogP contribution is -2.56. The van der Waals surface area contributed by atoms with Crippen molar-refractivity contribution in [3.05, 3.63) is 72.1 Å². The maximum Gasteiger partial charge on any atom is 0.236 e. The molecule has 7 heteroatoms. The van der Waals surface area contributed by atoms with Crippen LogP contribution in [0.5, 0.6) is 0 Å². The van der Waals surface area contributed by atoms with Crippen LogP contribution in [0.25, 0.3) is 33.3 Å². The molecular formula is C29H32FN5O. The van der Waals surface area contributed by atoms with Gasteiger partial charge >= 0.3 is 0 Å². The van der Waals surface area contributed by atoms with Gasteiger partial charge in [0.25, 0.3) is 0 Å². The third-order valence-electron chi connectivity index (χ3n) is 8.25. The van der Waals surface area contributed by atoms with E-state index in [1.54, 1.807) is 18.5 Å². The number of pyridine rings is 2. The summed E-state index contributed by atoms with van der Waals surface area (Å²) >= 11 is 0. The van der Waals surface area contributed by atoms with Crippen LogP contribution >= 0.6 is 0 Å². The molecule has 0 radical (unpaired) electrons. The number of hydrogen-bond donors (Lipinski definition) is 2. The molecule has 3 N–H and O–H groups in total. The maximum absolute atomic E-state index is 16.1. The van der Waals surface area contributed by atoms with Gasteiger partial charge in [0.15, 0.2) is 0 Å². The number of amides is 1. The van der Waals surface area contributed by atoms with E-state index in [4.69, 9.17) is 5.73 Å². The zero-order valence-electron chi connectivity index (χ0n) is 21.2. The number of rotatable bonds is 4. The Morgan fingerprint density at radius 1 is 1.17 bits per heavy atom. The lowest BCUT2D eigenvalue weighted by molar-refractivity contribution is -0.134. The summed E-state index contributed by atoms with van der Waals surface area (Å²) in [7, 11) is 0. The molecule has 6 nitrogen and oxygen atoms in total. The number of aromatic amines is 1. The second kappa shape index (κ2) is 9.13. The summed E-state index contributed by atoms with van der Waals surface area (Å²) in [6.07, 6.45) is 7.24. The molecule has 1 aliphatic heterocycles. The number of H-pyrrole nitrogens is 1. The summed E-state index contributed by atoms with van der Waals surface area (Å²) in [5, 5.41) is 0.943. The zero-order valence-corrected chi connectivity index (χ0v) is 21.2. The van der Waals surface area contributed by atoms with Crippen LogP contribution in [0.3, 0.4) is 0 Å². The minimum absolute atomic E-state index is 0.00116. The number of benzene rings is 1. The first-order valence-electron chi connectivity index (χ1n) is 12.4. The molecule has 1 saturated heterocycles. The number of hydrogen-bond acceptors (Lipinski definition) is 4. The van der Waals surface area contributed by atoms with Crippen molar-refractivity contribution in [2.24, 2.45) is 17.6 Å². The molecule has 1 aromatic carbocycles. The molecule has 0 saturated carbocycles. The molecular weight excluding hydrogens is 453 g/mol. The Hall–Kier alpha value is -3.58. The predicted octanol–water partition coefficient (Wildman–Crippen LogP) is 5.07. The average Bonchev–Trinajstić information content (AvgIpc) is 3.31. The van der Waals surface area contributed by atoms with Gasteiger partial charge in [-0.15, -0.1) is 0 Å². The van der Waals surface area contributed by atoms with E-state index in [1.807, 2.05) is 42.4 Å². The molecule has 4 aromatic rings. The van der Waals surface area contributed by atoms with E-state index in [2.05, 4.69) is 41.8 Å². The van der Waals surface area contributed by atoms with Gasteiger partial charge in [0.05, 0.1) is 6.54 Å². The monoisotopic (exact) mass is 485 g/mol. The van der Waals surface area contributed by atoms with Gasteiger partial charge < -0.3 is 15.6 Å². The Labute approximate surface area is 210 Å². The lowest BCUT2D eigenvalue weighted by atomic mass is 9.61. The Morgan fingerprint density at radius 3 is 2.56 bits per heavy atom. The summed E-state index contributed by atoms with van der Waals surface area (Å²) < 4.78 is 16.1. The molecule has 36 heavy (non-hydrogen) atoms. The van der Waals surface area contributed by atoms with Crippen molar-refractivity contribution in [2.75, 3.05) is 19.6 Å². The van der Waals surface area contributed by atoms with Gasteiger partial charge in [0.1, 0.15) is 11.5 Å². The molecule has 1 unspecified atom stereocenters. The zero-order chi connectivity index (χ0) is 25.6. The molecule has 5 rings (SSSR count). The highest BCUT2D eigenvalue weighted by Gasteiger charge is 2.46. The van der Waals surface area contributed by atoms with Crippen LogP contribution in [0.1, 0.15) is 31.9 Å². The molecule has 4 heterocycles. The van der Waals surface area contributed by atoms with Crippen LogP contribution in [0, 0.1) is 24.6 Å². The molecule has 186 valence electrons. The van der Waals surface area contributed by atoms with Gasteiger partial charge in [0.2, 0.25) is 5.91 Å². The first-order chi connectivity index (χ1) is 17.3. The molecule has 1 fully saturated rings. The van der Waals surface area contributed by atoms with Crippen molar-refractivity contribution < 1.29 is 9.18 Å². The fraction of sp³-hybridized carbons (Fsp3) is 0.345. The Balaban J connectivity index is 1.60. The smallest absolute Gasteiger partial charge is 0.236 e. The Kier molecular flexibility index (Phi) is 6.12. The van der Waals surface area contributed by atoms with Gasteiger partial charge in [-0.1, -0.05) is 32.9 Å². The Morgan fingerprint density at radius 2 is 1.92 bits per heavy atom. The fourth-order valence-electron chi connectivity index (χ4n) is 6.05. The highest BCUT2D eigenvalue weighted by atomic mass is 19.1. The standard InChI is InChI=1S/C29H32FN5O/c1-17-10-21(22-7-9-33-28-26(22)23(14-34-28)20-6-5-8-32-13-20)11-24(30)27(17)29(4)18(2)15-35(16-19(29)3)25(36)12-31/h5-11,13-14,18-19H,12,15-16,31H2,1-4H3,(H,33,34)/t18-,19+,29?. The van der Waals surface area contributed by atoms with Gasteiger partial charge in [0, 0.05) is 59.8 Å².